The quantitative estimate of drug-likeness (QED) is 0.140. The van der Waals surface area contributed by atoms with Crippen LogP contribution in [-0.2, 0) is 12.3 Å². The molecule has 0 radical (unpaired) electrons. The van der Waals surface area contributed by atoms with E-state index in [4.69, 9.17) is 4.74 Å². The predicted molar refractivity (Wildman–Crippen MR) is 256 cm³/mol. The van der Waals surface area contributed by atoms with Crippen LogP contribution < -0.4 is 13.9 Å². The summed E-state index contributed by atoms with van der Waals surface area (Å²) in [5.74, 6) is 2.11. The number of ether oxygens (including phenoxy) is 1. The first-order valence-corrected chi connectivity index (χ1v) is 22.7. The van der Waals surface area contributed by atoms with Gasteiger partial charge >= 0.3 is 11.7 Å². The van der Waals surface area contributed by atoms with Gasteiger partial charge in [0.25, 0.3) is 0 Å². The molecule has 2 aromatic heterocycles. The van der Waals surface area contributed by atoms with Crippen molar-refractivity contribution >= 4 is 11.0 Å². The molecule has 1 spiro atoms. The molecular weight excluding hydrogens is 767 g/mol. The number of para-hydroxylation sites is 1. The minimum Gasteiger partial charge on any atom is -0.392 e. The molecule has 12 rings (SSSR count). The summed E-state index contributed by atoms with van der Waals surface area (Å²) in [6.45, 7) is 13.9. The highest BCUT2D eigenvalue weighted by Crippen LogP contribution is 2.56. The van der Waals surface area contributed by atoms with E-state index in [9.17, 15) is 0 Å². The van der Waals surface area contributed by atoms with E-state index < -0.39 is 5.85 Å². The number of rotatable bonds is 8. The molecule has 306 valence electrons. The average Bonchev–Trinajstić information content (AvgIpc) is 3.80. The van der Waals surface area contributed by atoms with Gasteiger partial charge in [-0.05, 0) is 123 Å². The van der Waals surface area contributed by atoms with Crippen molar-refractivity contribution in [2.75, 3.05) is 0 Å². The van der Waals surface area contributed by atoms with E-state index in [0.717, 1.165) is 40.5 Å². The number of hydrogen-bond acceptors (Lipinski definition) is 1. The second kappa shape index (κ2) is 14.0. The zero-order valence-corrected chi connectivity index (χ0v) is 36.9. The molecule has 0 amide bonds. The van der Waals surface area contributed by atoms with Gasteiger partial charge in [-0.2, -0.15) is 4.57 Å². The molecule has 1 unspecified atom stereocenters. The minimum absolute atomic E-state index is 0.228. The van der Waals surface area contributed by atoms with Crippen LogP contribution in [0.25, 0.3) is 83.9 Å². The van der Waals surface area contributed by atoms with Crippen molar-refractivity contribution in [1.82, 2.24) is 4.57 Å². The summed E-state index contributed by atoms with van der Waals surface area (Å²) in [5, 5.41) is 0. The number of hydrogen-bond donors (Lipinski definition) is 0. The molecule has 7 aromatic carbocycles. The maximum absolute atomic E-state index is 8.04. The van der Waals surface area contributed by atoms with Crippen LogP contribution in [0.5, 0.6) is 5.75 Å². The standard InChI is InChI=1S/C59H51N3O/c1-36(2)29-45-30-46(25-26-47(45)41-21-14-9-15-22-41)61-53-24-16-23-48-50-33-44(40-19-12-8-13-20-40)34-51-54-35-42(39-17-10-7-11-18-39)27-28-60(54)59(55(50)51)62(56(48)53)58(61)52-32-43(37(3)4)31-49(38(5)6)57(52)63-59/h7-28,30-38H,29H2,1-6H3/q+2. The summed E-state index contributed by atoms with van der Waals surface area (Å²) in [5.41, 5.74) is 21.8. The minimum atomic E-state index is -1.04. The summed E-state index contributed by atoms with van der Waals surface area (Å²) >= 11 is 0. The molecule has 0 saturated heterocycles. The van der Waals surface area contributed by atoms with Crippen molar-refractivity contribution in [2.24, 2.45) is 5.92 Å². The highest BCUT2D eigenvalue weighted by atomic mass is 16.5. The fourth-order valence-corrected chi connectivity index (χ4v) is 10.8. The Labute approximate surface area is 370 Å². The van der Waals surface area contributed by atoms with Crippen molar-refractivity contribution in [3.05, 3.63) is 192 Å². The lowest BCUT2D eigenvalue weighted by Crippen LogP contribution is -2.78. The lowest BCUT2D eigenvalue weighted by molar-refractivity contribution is -0.997. The lowest BCUT2D eigenvalue weighted by atomic mass is 9.85. The fraction of sp³-hybridized carbons (Fsp3) is 0.186. The highest BCUT2D eigenvalue weighted by Gasteiger charge is 2.69. The van der Waals surface area contributed by atoms with Gasteiger partial charge in [-0.1, -0.05) is 145 Å². The van der Waals surface area contributed by atoms with E-state index in [2.05, 4.69) is 225 Å². The van der Waals surface area contributed by atoms with E-state index in [1.165, 1.54) is 77.8 Å². The van der Waals surface area contributed by atoms with Crippen LogP contribution >= 0.6 is 0 Å². The Hall–Kier alpha value is -7.04. The lowest BCUT2D eigenvalue weighted by Gasteiger charge is -2.34. The molecule has 3 aliphatic rings. The zero-order chi connectivity index (χ0) is 42.7. The number of benzene rings is 7. The van der Waals surface area contributed by atoms with Gasteiger partial charge in [0.05, 0.1) is 5.56 Å². The molecule has 0 bridgehead atoms. The molecule has 4 heteroatoms. The van der Waals surface area contributed by atoms with Crippen LogP contribution in [0.3, 0.4) is 0 Å². The molecule has 1 atom stereocenters. The van der Waals surface area contributed by atoms with Gasteiger partial charge in [-0.3, -0.25) is 0 Å². The van der Waals surface area contributed by atoms with Crippen molar-refractivity contribution < 1.29 is 13.9 Å². The monoisotopic (exact) mass is 817 g/mol. The van der Waals surface area contributed by atoms with Crippen molar-refractivity contribution in [1.29, 1.82) is 0 Å². The average molecular weight is 818 g/mol. The molecular formula is C59H51N3O+2. The van der Waals surface area contributed by atoms with Crippen LogP contribution in [0.1, 0.15) is 75.6 Å². The number of nitrogens with zero attached hydrogens (tertiary/aromatic N) is 3. The van der Waals surface area contributed by atoms with Crippen LogP contribution in [0.4, 0.5) is 0 Å². The Balaban J connectivity index is 1.25. The van der Waals surface area contributed by atoms with Gasteiger partial charge in [-0.15, -0.1) is 9.13 Å². The molecule has 0 N–H and O–H groups in total. The molecule has 0 saturated carbocycles. The largest absolute Gasteiger partial charge is 0.499 e. The maximum atomic E-state index is 8.04. The van der Waals surface area contributed by atoms with Gasteiger partial charge in [-0.25, -0.2) is 0 Å². The van der Waals surface area contributed by atoms with Crippen LogP contribution in [0, 0.1) is 5.92 Å². The topological polar surface area (TPSA) is 21.9 Å². The van der Waals surface area contributed by atoms with E-state index in [0.29, 0.717) is 11.8 Å². The van der Waals surface area contributed by atoms with E-state index >= 15 is 0 Å². The van der Waals surface area contributed by atoms with Crippen molar-refractivity contribution in [3.8, 4) is 78.6 Å². The highest BCUT2D eigenvalue weighted by molar-refractivity contribution is 5.99. The first kappa shape index (κ1) is 37.7. The number of imidazole rings is 1. The summed E-state index contributed by atoms with van der Waals surface area (Å²) in [4.78, 5) is 0. The molecule has 0 fully saturated rings. The number of aromatic nitrogens is 3. The summed E-state index contributed by atoms with van der Waals surface area (Å²) in [6.07, 6.45) is 3.26. The van der Waals surface area contributed by atoms with E-state index in [1.807, 2.05) is 0 Å². The van der Waals surface area contributed by atoms with Crippen molar-refractivity contribution in [2.45, 2.75) is 65.6 Å². The third-order valence-electron chi connectivity index (χ3n) is 13.7. The van der Waals surface area contributed by atoms with Crippen LogP contribution in [0.2, 0.25) is 0 Å². The Bertz CT molecular complexity index is 3310. The van der Waals surface area contributed by atoms with Crippen molar-refractivity contribution in [3.63, 3.8) is 0 Å². The molecule has 63 heavy (non-hydrogen) atoms. The first-order valence-electron chi connectivity index (χ1n) is 22.7. The third-order valence-corrected chi connectivity index (χ3v) is 13.7. The second-order valence-corrected chi connectivity index (χ2v) is 18.8. The van der Waals surface area contributed by atoms with Gasteiger partial charge in [0.15, 0.2) is 23.0 Å². The summed E-state index contributed by atoms with van der Waals surface area (Å²) in [7, 11) is 0. The fourth-order valence-electron chi connectivity index (χ4n) is 10.8. The van der Waals surface area contributed by atoms with Gasteiger partial charge in [0.1, 0.15) is 16.8 Å². The Kier molecular flexibility index (Phi) is 8.37. The summed E-state index contributed by atoms with van der Waals surface area (Å²) < 4.78 is 15.6. The zero-order valence-electron chi connectivity index (χ0n) is 36.9. The van der Waals surface area contributed by atoms with E-state index in [1.54, 1.807) is 0 Å². The normalized spacial score (nSPS) is 15.2. The van der Waals surface area contributed by atoms with Gasteiger partial charge in [0.2, 0.25) is 5.69 Å². The Morgan fingerprint density at radius 1 is 0.540 bits per heavy atom. The number of pyridine rings is 1. The number of fused-ring (bicyclic) bond motifs is 5. The first-order chi connectivity index (χ1) is 30.7. The third kappa shape index (κ3) is 5.46. The van der Waals surface area contributed by atoms with Crippen LogP contribution in [0.15, 0.2) is 170 Å². The Morgan fingerprint density at radius 2 is 1.22 bits per heavy atom. The smallest absolute Gasteiger partial charge is 0.392 e. The molecule has 5 heterocycles. The van der Waals surface area contributed by atoms with Gasteiger partial charge < -0.3 is 4.74 Å². The summed E-state index contributed by atoms with van der Waals surface area (Å²) in [6, 6.07) is 60.9. The molecule has 3 aliphatic heterocycles. The molecule has 4 nitrogen and oxygen atoms in total. The predicted octanol–water partition coefficient (Wildman–Crippen LogP) is 13.9. The van der Waals surface area contributed by atoms with Crippen LogP contribution in [-0.4, -0.2) is 4.57 Å². The maximum Gasteiger partial charge on any atom is 0.499 e. The second-order valence-electron chi connectivity index (χ2n) is 18.8. The molecule has 0 aliphatic carbocycles. The SMILES string of the molecule is CC(C)Cc1cc(-n2c3[n+]4c5c(cccc52)-c2cc(-c5ccccc5)cc5c2C4(Oc2c-3cc(C(C)C)cc2C(C)C)[n+]2ccc(-c3ccccc3)cc2-5)ccc1-c1ccccc1. The van der Waals surface area contributed by atoms with E-state index in [-0.39, 0.29) is 5.92 Å². The Morgan fingerprint density at radius 3 is 1.90 bits per heavy atom. The van der Waals surface area contributed by atoms with Gasteiger partial charge in [0, 0.05) is 23.3 Å². The molecule has 9 aromatic rings.